The molecule has 0 heterocycles. The molecule has 0 saturated carbocycles. The van der Waals surface area contributed by atoms with Gasteiger partial charge in [-0.1, -0.05) is 17.7 Å². The lowest BCUT2D eigenvalue weighted by molar-refractivity contribution is -0.117. The fraction of sp³-hybridized carbons (Fsp3) is 0.286. The molecule has 1 N–H and O–H groups in total. The van der Waals surface area contributed by atoms with Crippen molar-refractivity contribution in [3.05, 3.63) is 59.7 Å². The first-order chi connectivity index (χ1) is 12.9. The number of rotatable bonds is 7. The van der Waals surface area contributed by atoms with E-state index in [0.29, 0.717) is 17.9 Å². The molecule has 2 rings (SSSR count). The normalized spacial score (nSPS) is 10.2. The summed E-state index contributed by atoms with van der Waals surface area (Å²) in [6.07, 6.45) is 0.160. The number of carbonyl (C=O) groups excluding carboxylic acids is 3. The molecule has 6 heteroatoms. The first-order valence-corrected chi connectivity index (χ1v) is 8.82. The average molecular weight is 368 g/mol. The van der Waals surface area contributed by atoms with Crippen molar-refractivity contribution in [1.29, 1.82) is 0 Å². The summed E-state index contributed by atoms with van der Waals surface area (Å²) in [5.74, 6) is -0.728. The summed E-state index contributed by atoms with van der Waals surface area (Å²) in [5, 5.41) is 2.77. The van der Waals surface area contributed by atoms with Crippen LogP contribution in [0.15, 0.2) is 48.5 Å². The minimum absolute atomic E-state index is 0.120. The van der Waals surface area contributed by atoms with Gasteiger partial charge in [-0.2, -0.15) is 0 Å². The molecule has 0 aliphatic rings. The van der Waals surface area contributed by atoms with Crippen molar-refractivity contribution in [2.75, 3.05) is 23.4 Å². The lowest BCUT2D eigenvalue weighted by Gasteiger charge is -2.21. The highest BCUT2D eigenvalue weighted by molar-refractivity contribution is 5.95. The molecule has 2 amide bonds. The number of benzene rings is 2. The molecular weight excluding hydrogens is 344 g/mol. The zero-order valence-corrected chi connectivity index (χ0v) is 15.8. The van der Waals surface area contributed by atoms with Crippen molar-refractivity contribution in [3.63, 3.8) is 0 Å². The van der Waals surface area contributed by atoms with Gasteiger partial charge in [0.25, 0.3) is 0 Å². The predicted octanol–water partition coefficient (Wildman–Crippen LogP) is 3.55. The van der Waals surface area contributed by atoms with Crippen molar-refractivity contribution in [1.82, 2.24) is 0 Å². The molecule has 0 aliphatic carbocycles. The van der Waals surface area contributed by atoms with Gasteiger partial charge in [0.15, 0.2) is 0 Å². The molecule has 0 radical (unpaired) electrons. The van der Waals surface area contributed by atoms with Gasteiger partial charge in [-0.05, 0) is 50.2 Å². The zero-order valence-electron chi connectivity index (χ0n) is 15.8. The van der Waals surface area contributed by atoms with Crippen molar-refractivity contribution in [2.45, 2.75) is 27.2 Å². The Labute approximate surface area is 159 Å². The first-order valence-electron chi connectivity index (χ1n) is 8.82. The number of nitrogens with zero attached hydrogens (tertiary/aromatic N) is 1. The van der Waals surface area contributed by atoms with Gasteiger partial charge < -0.3 is 15.0 Å². The smallest absolute Gasteiger partial charge is 0.338 e. The molecule has 6 nitrogen and oxygen atoms in total. The Morgan fingerprint density at radius 2 is 1.63 bits per heavy atom. The number of aryl methyl sites for hydroxylation is 1. The molecule has 0 saturated heterocycles. The molecule has 27 heavy (non-hydrogen) atoms. The number of carbonyl (C=O) groups is 3. The van der Waals surface area contributed by atoms with Crippen LogP contribution in [-0.2, 0) is 14.3 Å². The van der Waals surface area contributed by atoms with E-state index in [1.165, 1.54) is 6.92 Å². The standard InChI is InChI=1S/C21H24N2O4/c1-4-27-21(26)17-7-9-18(10-8-17)22-20(25)13-14-23(16(3)24)19-11-5-15(2)6-12-19/h5-12H,4,13-14H2,1-3H3,(H,22,25). The lowest BCUT2D eigenvalue weighted by Crippen LogP contribution is -2.31. The molecule has 0 unspecified atom stereocenters. The number of amides is 2. The number of esters is 1. The maximum absolute atomic E-state index is 12.2. The molecule has 2 aromatic rings. The summed E-state index contributed by atoms with van der Waals surface area (Å²) in [6, 6.07) is 14.1. The van der Waals surface area contributed by atoms with Gasteiger partial charge in [0, 0.05) is 31.3 Å². The van der Waals surface area contributed by atoms with Gasteiger partial charge in [-0.25, -0.2) is 4.79 Å². The van der Waals surface area contributed by atoms with E-state index in [1.54, 1.807) is 36.1 Å². The van der Waals surface area contributed by atoms with Crippen molar-refractivity contribution in [2.24, 2.45) is 0 Å². The van der Waals surface area contributed by atoms with E-state index < -0.39 is 5.97 Å². The largest absolute Gasteiger partial charge is 0.462 e. The fourth-order valence-corrected chi connectivity index (χ4v) is 2.53. The minimum Gasteiger partial charge on any atom is -0.462 e. The van der Waals surface area contributed by atoms with Gasteiger partial charge in [-0.15, -0.1) is 0 Å². The van der Waals surface area contributed by atoms with Gasteiger partial charge in [0.2, 0.25) is 11.8 Å². The van der Waals surface area contributed by atoms with E-state index in [4.69, 9.17) is 4.74 Å². The Morgan fingerprint density at radius 1 is 1.00 bits per heavy atom. The van der Waals surface area contributed by atoms with Crippen LogP contribution in [0.4, 0.5) is 11.4 Å². The third-order valence-electron chi connectivity index (χ3n) is 3.97. The minimum atomic E-state index is -0.398. The molecule has 0 aliphatic heterocycles. The number of hydrogen-bond acceptors (Lipinski definition) is 4. The van der Waals surface area contributed by atoms with Crippen LogP contribution < -0.4 is 10.2 Å². The Morgan fingerprint density at radius 3 is 2.19 bits per heavy atom. The quantitative estimate of drug-likeness (QED) is 0.758. The zero-order chi connectivity index (χ0) is 19.8. The van der Waals surface area contributed by atoms with Crippen molar-refractivity contribution in [3.8, 4) is 0 Å². The highest BCUT2D eigenvalue weighted by Gasteiger charge is 2.14. The number of hydrogen-bond donors (Lipinski definition) is 1. The molecule has 0 atom stereocenters. The third kappa shape index (κ3) is 5.95. The van der Waals surface area contributed by atoms with E-state index in [1.807, 2.05) is 31.2 Å². The van der Waals surface area contributed by atoms with Crippen LogP contribution in [-0.4, -0.2) is 30.9 Å². The van der Waals surface area contributed by atoms with Crippen LogP contribution in [0.1, 0.15) is 36.2 Å². The topological polar surface area (TPSA) is 75.7 Å². The number of anilines is 2. The van der Waals surface area contributed by atoms with Crippen LogP contribution in [0.2, 0.25) is 0 Å². The van der Waals surface area contributed by atoms with Crippen LogP contribution in [0.3, 0.4) is 0 Å². The van der Waals surface area contributed by atoms with Crippen molar-refractivity contribution < 1.29 is 19.1 Å². The fourth-order valence-electron chi connectivity index (χ4n) is 2.53. The number of ether oxygens (including phenoxy) is 1. The molecule has 0 spiro atoms. The predicted molar refractivity (Wildman–Crippen MR) is 105 cm³/mol. The van der Waals surface area contributed by atoms with E-state index in [9.17, 15) is 14.4 Å². The summed E-state index contributed by atoms with van der Waals surface area (Å²) in [6.45, 7) is 5.79. The van der Waals surface area contributed by atoms with E-state index in [0.717, 1.165) is 11.3 Å². The second-order valence-corrected chi connectivity index (χ2v) is 6.10. The maximum Gasteiger partial charge on any atom is 0.338 e. The highest BCUT2D eigenvalue weighted by atomic mass is 16.5. The van der Waals surface area contributed by atoms with Crippen LogP contribution in [0.25, 0.3) is 0 Å². The number of nitrogens with one attached hydrogen (secondary N) is 1. The summed E-state index contributed by atoms with van der Waals surface area (Å²) in [4.78, 5) is 37.3. The van der Waals surface area contributed by atoms with E-state index >= 15 is 0 Å². The van der Waals surface area contributed by atoms with Gasteiger partial charge in [-0.3, -0.25) is 9.59 Å². The summed E-state index contributed by atoms with van der Waals surface area (Å²) < 4.78 is 4.92. The van der Waals surface area contributed by atoms with Crippen LogP contribution in [0.5, 0.6) is 0 Å². The second kappa shape index (κ2) is 9.52. The third-order valence-corrected chi connectivity index (χ3v) is 3.97. The Kier molecular flexibility index (Phi) is 7.11. The average Bonchev–Trinajstić information content (AvgIpc) is 2.64. The molecule has 0 aromatic heterocycles. The maximum atomic E-state index is 12.2. The van der Waals surface area contributed by atoms with Gasteiger partial charge in [0.05, 0.1) is 12.2 Å². The molecule has 0 bridgehead atoms. The van der Waals surface area contributed by atoms with Crippen LogP contribution in [0, 0.1) is 6.92 Å². The van der Waals surface area contributed by atoms with E-state index in [-0.39, 0.29) is 24.8 Å². The summed E-state index contributed by atoms with van der Waals surface area (Å²) >= 11 is 0. The second-order valence-electron chi connectivity index (χ2n) is 6.10. The highest BCUT2D eigenvalue weighted by Crippen LogP contribution is 2.16. The monoisotopic (exact) mass is 368 g/mol. The molecule has 2 aromatic carbocycles. The Balaban J connectivity index is 1.93. The SMILES string of the molecule is CCOC(=O)c1ccc(NC(=O)CCN(C(C)=O)c2ccc(C)cc2)cc1. The molecular formula is C21H24N2O4. The first kappa shape index (κ1) is 20.2. The lowest BCUT2D eigenvalue weighted by atomic mass is 10.2. The summed E-state index contributed by atoms with van der Waals surface area (Å²) in [5.41, 5.74) is 2.88. The van der Waals surface area contributed by atoms with Gasteiger partial charge >= 0.3 is 5.97 Å². The Hall–Kier alpha value is -3.15. The molecule has 0 fully saturated rings. The van der Waals surface area contributed by atoms with Gasteiger partial charge in [0.1, 0.15) is 0 Å². The van der Waals surface area contributed by atoms with E-state index in [2.05, 4.69) is 5.32 Å². The van der Waals surface area contributed by atoms with Crippen molar-refractivity contribution >= 4 is 29.2 Å². The Bertz CT molecular complexity index is 798. The summed E-state index contributed by atoms with van der Waals surface area (Å²) in [7, 11) is 0. The van der Waals surface area contributed by atoms with Crippen LogP contribution >= 0.6 is 0 Å². The molecule has 142 valence electrons.